The summed E-state index contributed by atoms with van der Waals surface area (Å²) >= 11 is 0. The van der Waals surface area contributed by atoms with E-state index in [2.05, 4.69) is 24.2 Å². The van der Waals surface area contributed by atoms with Crippen molar-refractivity contribution >= 4 is 5.96 Å². The summed E-state index contributed by atoms with van der Waals surface area (Å²) in [7, 11) is 0. The van der Waals surface area contributed by atoms with Crippen molar-refractivity contribution in [3.05, 3.63) is 0 Å². The third kappa shape index (κ3) is 4.54. The van der Waals surface area contributed by atoms with Gasteiger partial charge in [0.2, 0.25) is 0 Å². The van der Waals surface area contributed by atoms with E-state index in [9.17, 15) is 0 Å². The minimum Gasteiger partial charge on any atom is -0.370 e. The largest absolute Gasteiger partial charge is 0.370 e. The maximum atomic E-state index is 5.82. The number of hydrogen-bond acceptors (Lipinski definition) is 1. The van der Waals surface area contributed by atoms with Gasteiger partial charge in [0.15, 0.2) is 5.96 Å². The van der Waals surface area contributed by atoms with Crippen LogP contribution in [0.4, 0.5) is 0 Å². The van der Waals surface area contributed by atoms with Gasteiger partial charge in [0.1, 0.15) is 0 Å². The molecule has 0 heterocycles. The fourth-order valence-corrected chi connectivity index (χ4v) is 2.28. The fraction of sp³-hybridized carbons (Fsp3) is 0.917. The molecule has 1 saturated carbocycles. The van der Waals surface area contributed by atoms with Gasteiger partial charge in [-0.3, -0.25) is 4.99 Å². The van der Waals surface area contributed by atoms with Gasteiger partial charge in [0.05, 0.1) is 0 Å². The van der Waals surface area contributed by atoms with E-state index in [0.29, 0.717) is 12.0 Å². The Hall–Kier alpha value is -0.730. The first kappa shape index (κ1) is 12.3. The number of nitrogens with zero attached hydrogens (tertiary/aromatic N) is 1. The summed E-state index contributed by atoms with van der Waals surface area (Å²) in [6.45, 7) is 5.23. The Morgan fingerprint density at radius 2 is 2.20 bits per heavy atom. The minimum absolute atomic E-state index is 0.560. The molecule has 0 amide bonds. The van der Waals surface area contributed by atoms with Crippen LogP contribution in [0.15, 0.2) is 4.99 Å². The molecule has 0 aromatic rings. The Morgan fingerprint density at radius 1 is 1.40 bits per heavy atom. The van der Waals surface area contributed by atoms with Crippen LogP contribution in [0.25, 0.3) is 0 Å². The van der Waals surface area contributed by atoms with Crippen LogP contribution in [0.1, 0.15) is 52.4 Å². The number of aliphatic imine (C=N–C) groups is 1. The van der Waals surface area contributed by atoms with Gasteiger partial charge in [0, 0.05) is 12.6 Å². The molecule has 0 aromatic heterocycles. The van der Waals surface area contributed by atoms with Crippen LogP contribution in [-0.2, 0) is 0 Å². The van der Waals surface area contributed by atoms with Gasteiger partial charge in [-0.2, -0.15) is 0 Å². The standard InChI is InChI=1S/C12H25N3/c1-3-8-14-12(13)15-11-7-5-6-10(4-2)9-11/h10-11H,3-9H2,1-2H3,(H3,13,14,15). The van der Waals surface area contributed by atoms with Crippen molar-refractivity contribution in [3.8, 4) is 0 Å². The van der Waals surface area contributed by atoms with Crippen LogP contribution < -0.4 is 11.1 Å². The average molecular weight is 211 g/mol. The van der Waals surface area contributed by atoms with Gasteiger partial charge in [-0.25, -0.2) is 0 Å². The zero-order chi connectivity index (χ0) is 11.1. The number of nitrogens with two attached hydrogens (primary N) is 1. The maximum absolute atomic E-state index is 5.82. The molecular formula is C12H25N3. The first-order valence-corrected chi connectivity index (χ1v) is 6.32. The highest BCUT2D eigenvalue weighted by molar-refractivity contribution is 5.78. The summed E-state index contributed by atoms with van der Waals surface area (Å²) in [5, 5.41) is 3.35. The van der Waals surface area contributed by atoms with E-state index in [1.807, 2.05) is 0 Å². The van der Waals surface area contributed by atoms with Crippen LogP contribution in [-0.4, -0.2) is 18.5 Å². The topological polar surface area (TPSA) is 50.4 Å². The molecule has 1 rings (SSSR count). The second kappa shape index (κ2) is 6.70. The number of hydrogen-bond donors (Lipinski definition) is 2. The maximum Gasteiger partial charge on any atom is 0.188 e. The van der Waals surface area contributed by atoms with E-state index in [0.717, 1.165) is 18.9 Å². The minimum atomic E-state index is 0.560. The summed E-state index contributed by atoms with van der Waals surface area (Å²) in [6.07, 6.45) is 7.59. The van der Waals surface area contributed by atoms with E-state index in [4.69, 9.17) is 5.73 Å². The van der Waals surface area contributed by atoms with Crippen LogP contribution in [0, 0.1) is 5.92 Å². The molecule has 88 valence electrons. The molecule has 0 aromatic carbocycles. The Labute approximate surface area is 93.5 Å². The van der Waals surface area contributed by atoms with Crippen molar-refractivity contribution in [2.24, 2.45) is 16.6 Å². The van der Waals surface area contributed by atoms with Gasteiger partial charge >= 0.3 is 0 Å². The summed E-state index contributed by atoms with van der Waals surface area (Å²) in [5.41, 5.74) is 5.82. The highest BCUT2D eigenvalue weighted by Crippen LogP contribution is 2.26. The highest BCUT2D eigenvalue weighted by Gasteiger charge is 2.20. The zero-order valence-corrected chi connectivity index (χ0v) is 10.1. The number of rotatable bonds is 4. The van der Waals surface area contributed by atoms with Gasteiger partial charge < -0.3 is 11.1 Å². The third-order valence-corrected chi connectivity index (χ3v) is 3.22. The van der Waals surface area contributed by atoms with Crippen molar-refractivity contribution in [3.63, 3.8) is 0 Å². The second-order valence-corrected chi connectivity index (χ2v) is 4.55. The Morgan fingerprint density at radius 3 is 2.87 bits per heavy atom. The van der Waals surface area contributed by atoms with E-state index in [-0.39, 0.29) is 0 Å². The molecule has 1 aliphatic rings. The highest BCUT2D eigenvalue weighted by atomic mass is 15.1. The lowest BCUT2D eigenvalue weighted by atomic mass is 9.84. The second-order valence-electron chi connectivity index (χ2n) is 4.55. The Kier molecular flexibility index (Phi) is 5.51. The number of nitrogens with one attached hydrogen (secondary N) is 1. The van der Waals surface area contributed by atoms with E-state index in [1.54, 1.807) is 0 Å². The van der Waals surface area contributed by atoms with Gasteiger partial charge in [-0.15, -0.1) is 0 Å². The molecule has 1 fully saturated rings. The lowest BCUT2D eigenvalue weighted by Gasteiger charge is -2.29. The van der Waals surface area contributed by atoms with Crippen LogP contribution in [0.2, 0.25) is 0 Å². The molecule has 0 bridgehead atoms. The molecule has 3 heteroatoms. The molecule has 0 saturated heterocycles. The number of guanidine groups is 1. The zero-order valence-electron chi connectivity index (χ0n) is 10.1. The smallest absolute Gasteiger partial charge is 0.188 e. The first-order chi connectivity index (χ1) is 7.26. The Balaban J connectivity index is 2.31. The van der Waals surface area contributed by atoms with Crippen LogP contribution >= 0.6 is 0 Å². The first-order valence-electron chi connectivity index (χ1n) is 6.32. The summed E-state index contributed by atoms with van der Waals surface area (Å²) < 4.78 is 0. The summed E-state index contributed by atoms with van der Waals surface area (Å²) in [4.78, 5) is 4.27. The lowest BCUT2D eigenvalue weighted by Crippen LogP contribution is -2.42. The molecule has 15 heavy (non-hydrogen) atoms. The molecule has 1 aliphatic carbocycles. The molecular weight excluding hydrogens is 186 g/mol. The van der Waals surface area contributed by atoms with Crippen molar-refractivity contribution in [1.82, 2.24) is 5.32 Å². The molecule has 0 aliphatic heterocycles. The normalized spacial score (nSPS) is 27.7. The van der Waals surface area contributed by atoms with E-state index < -0.39 is 0 Å². The summed E-state index contributed by atoms with van der Waals surface area (Å²) in [5.74, 6) is 1.52. The molecule has 3 nitrogen and oxygen atoms in total. The molecule has 3 N–H and O–H groups in total. The van der Waals surface area contributed by atoms with Crippen LogP contribution in [0.3, 0.4) is 0 Å². The van der Waals surface area contributed by atoms with Crippen molar-refractivity contribution in [2.75, 3.05) is 6.54 Å². The van der Waals surface area contributed by atoms with Crippen molar-refractivity contribution < 1.29 is 0 Å². The monoisotopic (exact) mass is 211 g/mol. The average Bonchev–Trinajstić information content (AvgIpc) is 2.26. The quantitative estimate of drug-likeness (QED) is 0.553. The van der Waals surface area contributed by atoms with Crippen molar-refractivity contribution in [1.29, 1.82) is 0 Å². The SMILES string of the molecule is CCCN=C(N)NC1CCCC(CC)C1. The molecule has 2 atom stereocenters. The van der Waals surface area contributed by atoms with Gasteiger partial charge in [-0.1, -0.05) is 33.1 Å². The Bertz CT molecular complexity index is 201. The predicted molar refractivity (Wildman–Crippen MR) is 66.0 cm³/mol. The molecule has 2 unspecified atom stereocenters. The van der Waals surface area contributed by atoms with Gasteiger partial charge in [-0.05, 0) is 25.2 Å². The fourth-order valence-electron chi connectivity index (χ4n) is 2.28. The van der Waals surface area contributed by atoms with E-state index >= 15 is 0 Å². The molecule has 0 spiro atoms. The summed E-state index contributed by atoms with van der Waals surface area (Å²) in [6, 6.07) is 0.560. The predicted octanol–water partition coefficient (Wildman–Crippen LogP) is 2.27. The van der Waals surface area contributed by atoms with E-state index in [1.165, 1.54) is 32.1 Å². The molecule has 0 radical (unpaired) electrons. The lowest BCUT2D eigenvalue weighted by molar-refractivity contribution is 0.299. The van der Waals surface area contributed by atoms with Crippen LogP contribution in [0.5, 0.6) is 0 Å². The van der Waals surface area contributed by atoms with Crippen molar-refractivity contribution in [2.45, 2.75) is 58.4 Å². The third-order valence-electron chi connectivity index (χ3n) is 3.22. The van der Waals surface area contributed by atoms with Gasteiger partial charge in [0.25, 0.3) is 0 Å².